The molecule has 0 amide bonds. The molecule has 1 aliphatic rings. The van der Waals surface area contributed by atoms with Crippen LogP contribution in [0.1, 0.15) is 45.1 Å². The lowest BCUT2D eigenvalue weighted by Crippen LogP contribution is -2.10. The fourth-order valence-corrected chi connectivity index (χ4v) is 2.68. The lowest BCUT2D eigenvalue weighted by molar-refractivity contribution is -0.118. The molecule has 0 aliphatic heterocycles. The Morgan fingerprint density at radius 3 is 2.71 bits per heavy atom. The van der Waals surface area contributed by atoms with Gasteiger partial charge in [-0.1, -0.05) is 49.8 Å². The third-order valence-electron chi connectivity index (χ3n) is 4.02. The van der Waals surface area contributed by atoms with Crippen molar-refractivity contribution in [1.82, 2.24) is 0 Å². The molecule has 0 radical (unpaired) electrons. The zero-order valence-corrected chi connectivity index (χ0v) is 13.2. The Bertz CT molecular complexity index is 474. The van der Waals surface area contributed by atoms with Crippen LogP contribution in [-0.2, 0) is 16.1 Å². The van der Waals surface area contributed by atoms with Gasteiger partial charge in [0.1, 0.15) is 0 Å². The lowest BCUT2D eigenvalue weighted by Gasteiger charge is -2.10. The van der Waals surface area contributed by atoms with Gasteiger partial charge in [-0.25, -0.2) is 0 Å². The summed E-state index contributed by atoms with van der Waals surface area (Å²) in [4.78, 5) is 12.0. The molecule has 0 aromatic heterocycles. The summed E-state index contributed by atoms with van der Waals surface area (Å²) in [5.41, 5.74) is 2.52. The Hall–Kier alpha value is -1.41. The largest absolute Gasteiger partial charge is 0.377 e. The third kappa shape index (κ3) is 5.47. The summed E-state index contributed by atoms with van der Waals surface area (Å²) in [6, 6.07) is 10.2. The third-order valence-corrected chi connectivity index (χ3v) is 4.02. The second-order valence-corrected chi connectivity index (χ2v) is 6.37. The number of hydrogen-bond acceptors (Lipinski definition) is 2. The van der Waals surface area contributed by atoms with E-state index in [0.717, 1.165) is 19.3 Å². The van der Waals surface area contributed by atoms with Gasteiger partial charge in [0.15, 0.2) is 5.78 Å². The predicted molar refractivity (Wildman–Crippen MR) is 86.0 cm³/mol. The molecule has 0 heterocycles. The van der Waals surface area contributed by atoms with Crippen molar-refractivity contribution in [2.24, 2.45) is 11.8 Å². The first-order chi connectivity index (χ1) is 10.1. The Kier molecular flexibility index (Phi) is 6.19. The first-order valence-corrected chi connectivity index (χ1v) is 8.00. The van der Waals surface area contributed by atoms with Crippen molar-refractivity contribution in [3.8, 4) is 0 Å². The quantitative estimate of drug-likeness (QED) is 0.656. The van der Waals surface area contributed by atoms with Crippen LogP contribution in [0.15, 0.2) is 42.0 Å². The van der Waals surface area contributed by atoms with Gasteiger partial charge in [0.05, 0.1) is 6.61 Å². The summed E-state index contributed by atoms with van der Waals surface area (Å²) in [7, 11) is 0. The highest BCUT2D eigenvalue weighted by atomic mass is 16.5. The summed E-state index contributed by atoms with van der Waals surface area (Å²) >= 11 is 0. The van der Waals surface area contributed by atoms with Crippen molar-refractivity contribution in [3.63, 3.8) is 0 Å². The van der Waals surface area contributed by atoms with Crippen LogP contribution in [0.5, 0.6) is 0 Å². The van der Waals surface area contributed by atoms with Crippen molar-refractivity contribution < 1.29 is 9.53 Å². The lowest BCUT2D eigenvalue weighted by atomic mass is 9.97. The van der Waals surface area contributed by atoms with Gasteiger partial charge >= 0.3 is 0 Å². The van der Waals surface area contributed by atoms with Crippen molar-refractivity contribution >= 4 is 5.78 Å². The topological polar surface area (TPSA) is 26.3 Å². The molecular formula is C19H26O2. The van der Waals surface area contributed by atoms with E-state index in [1.54, 1.807) is 0 Å². The van der Waals surface area contributed by atoms with Gasteiger partial charge in [-0.2, -0.15) is 0 Å². The van der Waals surface area contributed by atoms with E-state index in [1.807, 2.05) is 24.3 Å². The van der Waals surface area contributed by atoms with Crippen LogP contribution in [0.4, 0.5) is 0 Å². The molecule has 1 atom stereocenters. The molecule has 2 heteroatoms. The fraction of sp³-hybridized carbons (Fsp3) is 0.526. The molecule has 0 fully saturated rings. The van der Waals surface area contributed by atoms with Crippen LogP contribution in [0.2, 0.25) is 0 Å². The van der Waals surface area contributed by atoms with E-state index in [9.17, 15) is 4.79 Å². The van der Waals surface area contributed by atoms with Gasteiger partial charge in [-0.15, -0.1) is 0 Å². The molecular weight excluding hydrogens is 260 g/mol. The molecule has 1 unspecified atom stereocenters. The van der Waals surface area contributed by atoms with E-state index >= 15 is 0 Å². The molecule has 1 aromatic carbocycles. The average Bonchev–Trinajstić information content (AvgIpc) is 2.83. The second kappa shape index (κ2) is 8.14. The van der Waals surface area contributed by atoms with Crippen molar-refractivity contribution in [2.45, 2.75) is 46.1 Å². The first-order valence-electron chi connectivity index (χ1n) is 8.00. The van der Waals surface area contributed by atoms with Crippen LogP contribution in [0, 0.1) is 11.8 Å². The summed E-state index contributed by atoms with van der Waals surface area (Å²) in [5.74, 6) is 1.16. The average molecular weight is 286 g/mol. The summed E-state index contributed by atoms with van der Waals surface area (Å²) in [6.07, 6.45) is 5.92. The van der Waals surface area contributed by atoms with Crippen molar-refractivity contribution in [3.05, 3.63) is 47.5 Å². The van der Waals surface area contributed by atoms with E-state index in [4.69, 9.17) is 4.74 Å². The molecule has 1 aliphatic carbocycles. The van der Waals surface area contributed by atoms with Crippen LogP contribution >= 0.6 is 0 Å². The fourth-order valence-electron chi connectivity index (χ4n) is 2.68. The van der Waals surface area contributed by atoms with Crippen molar-refractivity contribution in [1.29, 1.82) is 0 Å². The SMILES string of the molecule is CC(C)CCC1=CC(=O)C(CCOCc2ccccc2)C1. The normalized spacial score (nSPS) is 18.3. The van der Waals surface area contributed by atoms with Gasteiger partial charge in [-0.3, -0.25) is 4.79 Å². The van der Waals surface area contributed by atoms with Gasteiger partial charge in [-0.05, 0) is 43.2 Å². The monoisotopic (exact) mass is 286 g/mol. The maximum Gasteiger partial charge on any atom is 0.159 e. The van der Waals surface area contributed by atoms with Gasteiger partial charge in [0.25, 0.3) is 0 Å². The number of carbonyl (C=O) groups is 1. The molecule has 0 N–H and O–H groups in total. The van der Waals surface area contributed by atoms with E-state index in [0.29, 0.717) is 24.9 Å². The number of hydrogen-bond donors (Lipinski definition) is 0. The number of rotatable bonds is 8. The summed E-state index contributed by atoms with van der Waals surface area (Å²) in [5, 5.41) is 0. The molecule has 2 rings (SSSR count). The highest BCUT2D eigenvalue weighted by molar-refractivity contribution is 5.95. The molecule has 0 spiro atoms. The minimum atomic E-state index is 0.155. The zero-order chi connectivity index (χ0) is 15.1. The Balaban J connectivity index is 1.65. The van der Waals surface area contributed by atoms with E-state index < -0.39 is 0 Å². The minimum absolute atomic E-state index is 0.155. The molecule has 0 saturated heterocycles. The van der Waals surface area contributed by atoms with E-state index in [2.05, 4.69) is 26.0 Å². The maximum atomic E-state index is 12.0. The Labute approximate surface area is 128 Å². The zero-order valence-electron chi connectivity index (χ0n) is 13.2. The number of benzene rings is 1. The summed E-state index contributed by atoms with van der Waals surface area (Å²) in [6.45, 7) is 5.75. The number of carbonyl (C=O) groups excluding carboxylic acids is 1. The molecule has 2 nitrogen and oxygen atoms in total. The van der Waals surface area contributed by atoms with Crippen LogP contribution < -0.4 is 0 Å². The van der Waals surface area contributed by atoms with Crippen molar-refractivity contribution in [2.75, 3.05) is 6.61 Å². The van der Waals surface area contributed by atoms with E-state index in [-0.39, 0.29) is 5.92 Å². The van der Waals surface area contributed by atoms with Crippen LogP contribution in [0.3, 0.4) is 0 Å². The number of ketones is 1. The maximum absolute atomic E-state index is 12.0. The van der Waals surface area contributed by atoms with E-state index in [1.165, 1.54) is 17.6 Å². The molecule has 21 heavy (non-hydrogen) atoms. The Morgan fingerprint density at radius 1 is 1.24 bits per heavy atom. The standard InChI is InChI=1S/C19H26O2/c1-15(2)8-9-17-12-18(19(20)13-17)10-11-21-14-16-6-4-3-5-7-16/h3-7,13,15,18H,8-12,14H2,1-2H3. The van der Waals surface area contributed by atoms with Gasteiger partial charge < -0.3 is 4.74 Å². The number of ether oxygens (including phenoxy) is 1. The molecule has 0 bridgehead atoms. The highest BCUT2D eigenvalue weighted by Crippen LogP contribution is 2.28. The number of allylic oxidation sites excluding steroid dienone is 2. The first kappa shape index (κ1) is 16.0. The Morgan fingerprint density at radius 2 is 2.00 bits per heavy atom. The second-order valence-electron chi connectivity index (χ2n) is 6.37. The van der Waals surface area contributed by atoms with Gasteiger partial charge in [0, 0.05) is 12.5 Å². The highest BCUT2D eigenvalue weighted by Gasteiger charge is 2.24. The smallest absolute Gasteiger partial charge is 0.159 e. The van der Waals surface area contributed by atoms with Crippen LogP contribution in [0.25, 0.3) is 0 Å². The molecule has 0 saturated carbocycles. The minimum Gasteiger partial charge on any atom is -0.377 e. The van der Waals surface area contributed by atoms with Crippen LogP contribution in [-0.4, -0.2) is 12.4 Å². The van der Waals surface area contributed by atoms with Gasteiger partial charge in [0.2, 0.25) is 0 Å². The molecule has 114 valence electrons. The molecule has 1 aromatic rings. The summed E-state index contributed by atoms with van der Waals surface area (Å²) < 4.78 is 5.69. The predicted octanol–water partition coefficient (Wildman–Crippen LogP) is 4.54.